The van der Waals surface area contributed by atoms with E-state index in [0.717, 1.165) is 38.5 Å². The topological polar surface area (TPSA) is 88.8 Å². The van der Waals surface area contributed by atoms with E-state index in [2.05, 4.69) is 9.97 Å². The van der Waals surface area contributed by atoms with E-state index in [1.54, 1.807) is 18.2 Å². The predicted molar refractivity (Wildman–Crippen MR) is 79.2 cm³/mol. The number of aromatic amines is 1. The van der Waals surface area contributed by atoms with Crippen LogP contribution in [0.5, 0.6) is 0 Å². The smallest absolute Gasteiger partial charge is 0.226 e. The highest BCUT2D eigenvalue weighted by Crippen LogP contribution is 2.28. The van der Waals surface area contributed by atoms with Gasteiger partial charge in [0.25, 0.3) is 0 Å². The molecule has 1 saturated carbocycles. The molecular weight excluding hydrogens is 274 g/mol. The summed E-state index contributed by atoms with van der Waals surface area (Å²) in [5, 5.41) is -0.215. The third kappa shape index (κ3) is 2.40. The third-order valence-electron chi connectivity index (χ3n) is 3.99. The Labute approximate surface area is 118 Å². The van der Waals surface area contributed by atoms with Crippen molar-refractivity contribution >= 4 is 26.6 Å². The first-order valence-corrected chi connectivity index (χ1v) is 8.61. The fourth-order valence-corrected chi connectivity index (χ4v) is 4.60. The lowest BCUT2D eigenvalue weighted by molar-refractivity contribution is 0.556. The van der Waals surface area contributed by atoms with Crippen LogP contribution in [-0.4, -0.2) is 23.6 Å². The van der Waals surface area contributed by atoms with Gasteiger partial charge in [0.1, 0.15) is 0 Å². The van der Waals surface area contributed by atoms with Crippen molar-refractivity contribution in [2.45, 2.75) is 48.9 Å². The molecule has 1 aliphatic rings. The number of fused-ring (bicyclic) bond motifs is 1. The highest BCUT2D eigenvalue weighted by atomic mass is 32.2. The quantitative estimate of drug-likeness (QED) is 0.658. The summed E-state index contributed by atoms with van der Waals surface area (Å²) in [6.07, 6.45) is 5.70. The minimum absolute atomic E-state index is 0.0880. The maximum Gasteiger partial charge on any atom is 0.226 e. The molecule has 0 amide bonds. The fraction of sp³-hybridized carbons (Fsp3) is 0.500. The van der Waals surface area contributed by atoms with Crippen LogP contribution in [0, 0.1) is 0 Å². The van der Waals surface area contributed by atoms with E-state index in [9.17, 15) is 8.42 Å². The molecule has 0 aliphatic heterocycles. The fourth-order valence-electron chi connectivity index (χ4n) is 2.85. The van der Waals surface area contributed by atoms with Gasteiger partial charge in [-0.05, 0) is 31.0 Å². The Morgan fingerprint density at radius 1 is 1.15 bits per heavy atom. The average molecular weight is 293 g/mol. The van der Waals surface area contributed by atoms with Gasteiger partial charge >= 0.3 is 0 Å². The lowest BCUT2D eigenvalue weighted by Gasteiger charge is -2.12. The number of rotatable bonds is 2. The van der Waals surface area contributed by atoms with Gasteiger partial charge < -0.3 is 10.7 Å². The first-order valence-electron chi connectivity index (χ1n) is 7.06. The molecule has 5 nitrogen and oxygen atoms in total. The molecule has 6 heteroatoms. The van der Waals surface area contributed by atoms with Crippen molar-refractivity contribution in [1.29, 1.82) is 0 Å². The monoisotopic (exact) mass is 293 g/mol. The van der Waals surface area contributed by atoms with Gasteiger partial charge in [-0.25, -0.2) is 13.4 Å². The molecule has 1 aromatic heterocycles. The summed E-state index contributed by atoms with van der Waals surface area (Å²) in [7, 11) is -3.37. The van der Waals surface area contributed by atoms with Crippen molar-refractivity contribution in [3.63, 3.8) is 0 Å². The molecular formula is C14H19N3O2S. The standard InChI is InChI=1S/C14H19N3O2S/c15-10-7-8-12-13(9-10)17-14(16-12)20(18,19)11-5-3-1-2-4-6-11/h7-9,11H,1-6,15H2,(H,16,17). The summed E-state index contributed by atoms with van der Waals surface area (Å²) in [6, 6.07) is 5.19. The maximum atomic E-state index is 12.7. The molecule has 108 valence electrons. The number of hydrogen-bond acceptors (Lipinski definition) is 4. The Morgan fingerprint density at radius 3 is 2.55 bits per heavy atom. The molecule has 0 unspecified atom stereocenters. The molecule has 2 aromatic rings. The van der Waals surface area contributed by atoms with E-state index in [1.807, 2.05) is 0 Å². The number of anilines is 1. The number of imidazole rings is 1. The van der Waals surface area contributed by atoms with Crippen molar-refractivity contribution in [3.8, 4) is 0 Å². The second-order valence-electron chi connectivity index (χ2n) is 5.48. The Morgan fingerprint density at radius 2 is 1.85 bits per heavy atom. The zero-order chi connectivity index (χ0) is 14.2. The third-order valence-corrected chi connectivity index (χ3v) is 6.08. The lowest BCUT2D eigenvalue weighted by atomic mass is 10.2. The number of sulfone groups is 1. The van der Waals surface area contributed by atoms with Gasteiger partial charge in [-0.1, -0.05) is 25.7 Å². The summed E-state index contributed by atoms with van der Waals surface area (Å²) in [5.74, 6) is 0. The number of nitrogen functional groups attached to an aromatic ring is 1. The summed E-state index contributed by atoms with van der Waals surface area (Å²) in [6.45, 7) is 0. The highest BCUT2D eigenvalue weighted by Gasteiger charge is 2.30. The number of aromatic nitrogens is 2. The minimum Gasteiger partial charge on any atom is -0.399 e. The van der Waals surface area contributed by atoms with Crippen LogP contribution in [-0.2, 0) is 9.84 Å². The molecule has 0 saturated heterocycles. The van der Waals surface area contributed by atoms with Crippen molar-refractivity contribution in [1.82, 2.24) is 9.97 Å². The zero-order valence-electron chi connectivity index (χ0n) is 11.3. The van der Waals surface area contributed by atoms with Gasteiger partial charge in [-0.3, -0.25) is 0 Å². The van der Waals surface area contributed by atoms with Crippen LogP contribution in [0.3, 0.4) is 0 Å². The SMILES string of the molecule is Nc1ccc2nc(S(=O)(=O)C3CCCCCC3)[nH]c2c1. The van der Waals surface area contributed by atoms with E-state index in [-0.39, 0.29) is 10.4 Å². The number of hydrogen-bond donors (Lipinski definition) is 2. The van der Waals surface area contributed by atoms with Crippen LogP contribution in [0.25, 0.3) is 11.0 Å². The molecule has 3 rings (SSSR count). The van der Waals surface area contributed by atoms with E-state index < -0.39 is 9.84 Å². The first-order chi connectivity index (χ1) is 9.57. The van der Waals surface area contributed by atoms with Crippen LogP contribution in [0.4, 0.5) is 5.69 Å². The summed E-state index contributed by atoms with van der Waals surface area (Å²) in [4.78, 5) is 7.15. The van der Waals surface area contributed by atoms with Gasteiger partial charge in [0, 0.05) is 5.69 Å². The number of nitrogens with two attached hydrogens (primary N) is 1. The second kappa shape index (κ2) is 5.09. The summed E-state index contributed by atoms with van der Waals surface area (Å²) in [5.41, 5.74) is 7.63. The van der Waals surface area contributed by atoms with Gasteiger partial charge in [-0.2, -0.15) is 0 Å². The Kier molecular flexibility index (Phi) is 3.41. The molecule has 0 radical (unpaired) electrons. The summed E-state index contributed by atoms with van der Waals surface area (Å²) < 4.78 is 25.3. The van der Waals surface area contributed by atoms with Crippen molar-refractivity contribution < 1.29 is 8.42 Å². The van der Waals surface area contributed by atoms with Crippen LogP contribution in [0.1, 0.15) is 38.5 Å². The number of H-pyrrole nitrogens is 1. The lowest BCUT2D eigenvalue weighted by Crippen LogP contribution is -2.21. The number of nitrogens with zero attached hydrogens (tertiary/aromatic N) is 1. The Hall–Kier alpha value is -1.56. The number of benzene rings is 1. The largest absolute Gasteiger partial charge is 0.399 e. The molecule has 20 heavy (non-hydrogen) atoms. The molecule has 1 heterocycles. The predicted octanol–water partition coefficient (Wildman–Crippen LogP) is 2.64. The molecule has 0 atom stereocenters. The number of nitrogens with one attached hydrogen (secondary N) is 1. The van der Waals surface area contributed by atoms with Gasteiger partial charge in [0.05, 0.1) is 16.3 Å². The van der Waals surface area contributed by atoms with E-state index in [0.29, 0.717) is 16.7 Å². The van der Waals surface area contributed by atoms with Crippen molar-refractivity contribution in [2.75, 3.05) is 5.73 Å². The first kappa shape index (κ1) is 13.4. The molecule has 3 N–H and O–H groups in total. The zero-order valence-corrected chi connectivity index (χ0v) is 12.1. The molecule has 0 bridgehead atoms. The summed E-state index contributed by atoms with van der Waals surface area (Å²) >= 11 is 0. The van der Waals surface area contributed by atoms with Crippen LogP contribution in [0.2, 0.25) is 0 Å². The molecule has 0 spiro atoms. The van der Waals surface area contributed by atoms with E-state index >= 15 is 0 Å². The maximum absolute atomic E-state index is 12.7. The highest BCUT2D eigenvalue weighted by molar-refractivity contribution is 7.91. The molecule has 1 aliphatic carbocycles. The van der Waals surface area contributed by atoms with Crippen LogP contribution in [0.15, 0.2) is 23.4 Å². The Bertz CT molecular complexity index is 713. The van der Waals surface area contributed by atoms with Gasteiger partial charge in [0.2, 0.25) is 15.0 Å². The normalized spacial score (nSPS) is 18.2. The van der Waals surface area contributed by atoms with Gasteiger partial charge in [0.15, 0.2) is 0 Å². The van der Waals surface area contributed by atoms with Gasteiger partial charge in [-0.15, -0.1) is 0 Å². The average Bonchev–Trinajstić information content (AvgIpc) is 2.65. The van der Waals surface area contributed by atoms with Crippen molar-refractivity contribution in [2.24, 2.45) is 0 Å². The Balaban J connectivity index is 1.99. The van der Waals surface area contributed by atoms with Crippen LogP contribution >= 0.6 is 0 Å². The molecule has 1 aromatic carbocycles. The molecule has 1 fully saturated rings. The minimum atomic E-state index is -3.37. The van der Waals surface area contributed by atoms with Crippen LogP contribution < -0.4 is 5.73 Å². The van der Waals surface area contributed by atoms with Crippen molar-refractivity contribution in [3.05, 3.63) is 18.2 Å². The second-order valence-corrected chi connectivity index (χ2v) is 7.62. The van der Waals surface area contributed by atoms with E-state index in [1.165, 1.54) is 0 Å². The van der Waals surface area contributed by atoms with E-state index in [4.69, 9.17) is 5.73 Å².